The van der Waals surface area contributed by atoms with Crippen LogP contribution in [-0.4, -0.2) is 52.1 Å². The molecule has 1 aliphatic rings. The maximum absolute atomic E-state index is 13.1. The molecule has 1 aromatic heterocycles. The Balaban J connectivity index is 1.42. The van der Waals surface area contributed by atoms with Crippen molar-refractivity contribution < 1.29 is 26.3 Å². The van der Waals surface area contributed by atoms with E-state index in [2.05, 4.69) is 15.5 Å². The number of benzene rings is 2. The summed E-state index contributed by atoms with van der Waals surface area (Å²) >= 11 is 0. The number of ether oxygens (including phenoxy) is 1. The predicted molar refractivity (Wildman–Crippen MR) is 108 cm³/mol. The van der Waals surface area contributed by atoms with Gasteiger partial charge in [0.1, 0.15) is 18.2 Å². The number of piperidine rings is 1. The lowest BCUT2D eigenvalue weighted by atomic mass is 10.1. The van der Waals surface area contributed by atoms with Crippen LogP contribution in [0, 0.1) is 6.92 Å². The van der Waals surface area contributed by atoms with Crippen molar-refractivity contribution in [3.63, 3.8) is 0 Å². The van der Waals surface area contributed by atoms with Crippen LogP contribution >= 0.6 is 0 Å². The van der Waals surface area contributed by atoms with Gasteiger partial charge in [-0.15, -0.1) is 5.10 Å². The lowest BCUT2D eigenvalue weighted by Gasteiger charge is -2.31. The Morgan fingerprint density at radius 3 is 2.47 bits per heavy atom. The quantitative estimate of drug-likeness (QED) is 0.572. The standard InChI is InChI=1S/C20H20F3N5O3S/c1-14-11-18(5-6-19(14)28-13-24-25-26-28)32(29,30)27-9-7-16(8-10-27)31-17-4-2-3-15(12-17)20(21,22)23/h2-6,11-13,16H,7-10H2,1H3. The van der Waals surface area contributed by atoms with Crippen LogP contribution in [-0.2, 0) is 16.2 Å². The average molecular weight is 467 g/mol. The summed E-state index contributed by atoms with van der Waals surface area (Å²) in [6.07, 6.45) is -2.65. The van der Waals surface area contributed by atoms with E-state index in [0.717, 1.165) is 12.1 Å². The first-order valence-corrected chi connectivity index (χ1v) is 11.3. The van der Waals surface area contributed by atoms with Crippen molar-refractivity contribution in [1.82, 2.24) is 24.5 Å². The Hall–Kier alpha value is -2.99. The van der Waals surface area contributed by atoms with Gasteiger partial charge in [0.2, 0.25) is 10.0 Å². The summed E-state index contributed by atoms with van der Waals surface area (Å²) < 4.78 is 73.3. The highest BCUT2D eigenvalue weighted by atomic mass is 32.2. The molecule has 12 heteroatoms. The Morgan fingerprint density at radius 2 is 1.84 bits per heavy atom. The molecule has 0 N–H and O–H groups in total. The fourth-order valence-electron chi connectivity index (χ4n) is 3.59. The molecule has 3 aromatic rings. The molecule has 0 atom stereocenters. The van der Waals surface area contributed by atoms with Gasteiger partial charge in [0.05, 0.1) is 16.1 Å². The minimum atomic E-state index is -4.45. The summed E-state index contributed by atoms with van der Waals surface area (Å²) in [6, 6.07) is 9.41. The van der Waals surface area contributed by atoms with Gasteiger partial charge in [-0.2, -0.15) is 17.5 Å². The van der Waals surface area contributed by atoms with Gasteiger partial charge in [-0.1, -0.05) is 6.07 Å². The number of aromatic nitrogens is 4. The highest BCUT2D eigenvalue weighted by Crippen LogP contribution is 2.32. The van der Waals surface area contributed by atoms with Gasteiger partial charge >= 0.3 is 6.18 Å². The van der Waals surface area contributed by atoms with Gasteiger partial charge in [-0.3, -0.25) is 0 Å². The Labute approximate surface area is 182 Å². The normalized spacial score (nSPS) is 16.2. The number of tetrazole rings is 1. The lowest BCUT2D eigenvalue weighted by molar-refractivity contribution is -0.137. The number of hydrogen-bond acceptors (Lipinski definition) is 6. The second-order valence-corrected chi connectivity index (χ2v) is 9.39. The first-order valence-electron chi connectivity index (χ1n) is 9.83. The number of alkyl halides is 3. The molecule has 170 valence electrons. The summed E-state index contributed by atoms with van der Waals surface area (Å²) in [5.41, 5.74) is 0.582. The van der Waals surface area contributed by atoms with E-state index in [1.807, 2.05) is 0 Å². The summed E-state index contributed by atoms with van der Waals surface area (Å²) in [5.74, 6) is 0.120. The highest BCUT2D eigenvalue weighted by Gasteiger charge is 2.32. The zero-order valence-electron chi connectivity index (χ0n) is 17.0. The second-order valence-electron chi connectivity index (χ2n) is 7.45. The molecular weight excluding hydrogens is 447 g/mol. The molecule has 0 aliphatic carbocycles. The molecule has 0 saturated carbocycles. The average Bonchev–Trinajstić information content (AvgIpc) is 3.28. The zero-order valence-corrected chi connectivity index (χ0v) is 17.8. The number of rotatable bonds is 5. The van der Waals surface area contributed by atoms with Gasteiger partial charge in [0, 0.05) is 13.1 Å². The van der Waals surface area contributed by atoms with Crippen LogP contribution in [0.4, 0.5) is 13.2 Å². The third-order valence-corrected chi connectivity index (χ3v) is 7.16. The molecule has 0 bridgehead atoms. The fourth-order valence-corrected chi connectivity index (χ4v) is 5.15. The molecule has 1 aliphatic heterocycles. The first kappa shape index (κ1) is 22.2. The van der Waals surface area contributed by atoms with Gasteiger partial charge < -0.3 is 4.74 Å². The van der Waals surface area contributed by atoms with E-state index in [9.17, 15) is 21.6 Å². The van der Waals surface area contributed by atoms with Gasteiger partial charge in [0.25, 0.3) is 0 Å². The maximum Gasteiger partial charge on any atom is 0.416 e. The summed E-state index contributed by atoms with van der Waals surface area (Å²) in [7, 11) is -3.72. The highest BCUT2D eigenvalue weighted by molar-refractivity contribution is 7.89. The van der Waals surface area contributed by atoms with Crippen LogP contribution in [0.15, 0.2) is 53.7 Å². The van der Waals surface area contributed by atoms with E-state index >= 15 is 0 Å². The SMILES string of the molecule is Cc1cc(S(=O)(=O)N2CCC(Oc3cccc(C(F)(F)F)c3)CC2)ccc1-n1cnnn1. The Morgan fingerprint density at radius 1 is 1.09 bits per heavy atom. The maximum atomic E-state index is 13.1. The molecule has 0 amide bonds. The summed E-state index contributed by atoms with van der Waals surface area (Å²) in [4.78, 5) is 0.157. The third-order valence-electron chi connectivity index (χ3n) is 5.27. The number of nitrogens with zero attached hydrogens (tertiary/aromatic N) is 5. The van der Waals surface area contributed by atoms with Crippen LogP contribution in [0.5, 0.6) is 5.75 Å². The molecular formula is C20H20F3N5O3S. The Kier molecular flexibility index (Phi) is 5.91. The molecule has 1 fully saturated rings. The number of sulfonamides is 1. The van der Waals surface area contributed by atoms with Crippen LogP contribution < -0.4 is 4.74 Å². The van der Waals surface area contributed by atoms with Crippen LogP contribution in [0.25, 0.3) is 5.69 Å². The van der Waals surface area contributed by atoms with Crippen molar-refractivity contribution in [2.24, 2.45) is 0 Å². The molecule has 8 nitrogen and oxygen atoms in total. The van der Waals surface area contributed by atoms with E-state index in [-0.39, 0.29) is 29.8 Å². The third kappa shape index (κ3) is 4.60. The van der Waals surface area contributed by atoms with E-state index in [4.69, 9.17) is 4.74 Å². The van der Waals surface area contributed by atoms with Crippen molar-refractivity contribution in [3.8, 4) is 11.4 Å². The van der Waals surface area contributed by atoms with E-state index in [0.29, 0.717) is 24.1 Å². The van der Waals surface area contributed by atoms with Crippen LogP contribution in [0.1, 0.15) is 24.0 Å². The van der Waals surface area contributed by atoms with Crippen LogP contribution in [0.2, 0.25) is 0 Å². The van der Waals surface area contributed by atoms with Crippen molar-refractivity contribution in [3.05, 3.63) is 59.9 Å². The molecule has 0 radical (unpaired) electrons. The molecule has 0 spiro atoms. The molecule has 4 rings (SSSR count). The van der Waals surface area contributed by atoms with E-state index in [1.54, 1.807) is 19.1 Å². The van der Waals surface area contributed by atoms with Crippen LogP contribution in [0.3, 0.4) is 0 Å². The summed E-state index contributed by atoms with van der Waals surface area (Å²) in [6.45, 7) is 2.19. The van der Waals surface area contributed by atoms with Crippen molar-refractivity contribution >= 4 is 10.0 Å². The van der Waals surface area contributed by atoms with Crippen molar-refractivity contribution in [1.29, 1.82) is 0 Å². The van der Waals surface area contributed by atoms with Gasteiger partial charge in [-0.05, 0) is 72.2 Å². The number of aryl methyl sites for hydroxylation is 1. The smallest absolute Gasteiger partial charge is 0.416 e. The largest absolute Gasteiger partial charge is 0.490 e. The van der Waals surface area contributed by atoms with Gasteiger partial charge in [0.15, 0.2) is 0 Å². The zero-order chi connectivity index (χ0) is 22.9. The molecule has 1 saturated heterocycles. The fraction of sp³-hybridized carbons (Fsp3) is 0.350. The number of hydrogen-bond donors (Lipinski definition) is 0. The predicted octanol–water partition coefficient (Wildman–Crippen LogP) is 3.22. The molecule has 2 heterocycles. The molecule has 2 aromatic carbocycles. The lowest BCUT2D eigenvalue weighted by Crippen LogP contribution is -2.41. The second kappa shape index (κ2) is 8.51. The van der Waals surface area contributed by atoms with Crippen molar-refractivity contribution in [2.45, 2.75) is 36.9 Å². The monoisotopic (exact) mass is 467 g/mol. The minimum Gasteiger partial charge on any atom is -0.490 e. The minimum absolute atomic E-state index is 0.120. The topological polar surface area (TPSA) is 90.2 Å². The first-order chi connectivity index (χ1) is 15.1. The summed E-state index contributed by atoms with van der Waals surface area (Å²) in [5, 5.41) is 11.0. The van der Waals surface area contributed by atoms with E-state index < -0.39 is 21.8 Å². The molecule has 0 unspecified atom stereocenters. The number of halogens is 3. The Bertz CT molecular complexity index is 1190. The van der Waals surface area contributed by atoms with E-state index in [1.165, 1.54) is 33.5 Å². The molecule has 32 heavy (non-hydrogen) atoms. The van der Waals surface area contributed by atoms with Crippen molar-refractivity contribution in [2.75, 3.05) is 13.1 Å². The van der Waals surface area contributed by atoms with Gasteiger partial charge in [-0.25, -0.2) is 13.1 Å².